The average Bonchev–Trinajstić information content (AvgIpc) is 2.87. The number of rotatable bonds is 10. The van der Waals surface area contributed by atoms with E-state index in [2.05, 4.69) is 59.3 Å². The number of amides is 2. The van der Waals surface area contributed by atoms with Crippen LogP contribution in [0.25, 0.3) is 0 Å². The van der Waals surface area contributed by atoms with Crippen LogP contribution in [0.1, 0.15) is 90.0 Å². The maximum atomic E-state index is 13.7. The molecular formula is C30H47N3O2. The van der Waals surface area contributed by atoms with Crippen molar-refractivity contribution in [1.29, 1.82) is 0 Å². The topological polar surface area (TPSA) is 52.7 Å². The fourth-order valence-corrected chi connectivity index (χ4v) is 6.53. The second-order valence-electron chi connectivity index (χ2n) is 11.8. The number of benzene rings is 1. The van der Waals surface area contributed by atoms with Gasteiger partial charge in [-0.15, -0.1) is 0 Å². The normalized spacial score (nSPS) is 23.7. The Hall–Kier alpha value is -1.88. The van der Waals surface area contributed by atoms with E-state index in [1.54, 1.807) is 0 Å². The van der Waals surface area contributed by atoms with Crippen LogP contribution in [0.5, 0.6) is 0 Å². The fraction of sp³-hybridized carbons (Fsp3) is 0.733. The van der Waals surface area contributed by atoms with Crippen LogP contribution < -0.4 is 5.32 Å². The summed E-state index contributed by atoms with van der Waals surface area (Å²) >= 11 is 0. The first-order chi connectivity index (χ1) is 17.0. The number of piperidine rings is 1. The molecule has 0 unspecified atom stereocenters. The van der Waals surface area contributed by atoms with Crippen LogP contribution in [0.2, 0.25) is 0 Å². The fourth-order valence-electron chi connectivity index (χ4n) is 6.53. The highest BCUT2D eigenvalue weighted by molar-refractivity contribution is 6.00. The highest BCUT2D eigenvalue weighted by Gasteiger charge is 2.53. The van der Waals surface area contributed by atoms with Crippen LogP contribution in [0, 0.1) is 11.8 Å². The van der Waals surface area contributed by atoms with Crippen molar-refractivity contribution >= 4 is 11.8 Å². The van der Waals surface area contributed by atoms with E-state index in [1.807, 2.05) is 0 Å². The predicted octanol–water partition coefficient (Wildman–Crippen LogP) is 5.19. The molecule has 1 aromatic rings. The predicted molar refractivity (Wildman–Crippen MR) is 142 cm³/mol. The summed E-state index contributed by atoms with van der Waals surface area (Å²) < 4.78 is 0. The van der Waals surface area contributed by atoms with E-state index in [0.29, 0.717) is 11.8 Å². The van der Waals surface area contributed by atoms with Gasteiger partial charge in [0, 0.05) is 19.6 Å². The van der Waals surface area contributed by atoms with Crippen molar-refractivity contribution in [1.82, 2.24) is 15.1 Å². The number of carbonyl (C=O) groups excluding carboxylic acids is 2. The van der Waals surface area contributed by atoms with E-state index in [1.165, 1.54) is 56.9 Å². The van der Waals surface area contributed by atoms with Crippen molar-refractivity contribution in [2.75, 3.05) is 26.2 Å². The summed E-state index contributed by atoms with van der Waals surface area (Å²) in [6, 6.07) is 10.4. The van der Waals surface area contributed by atoms with Gasteiger partial charge in [-0.2, -0.15) is 0 Å². The summed E-state index contributed by atoms with van der Waals surface area (Å²) in [6.07, 6.45) is 13.3. The standard InChI is InChI=1S/C30H47N3O2/c1-24(2)22-27-28(34)33(23-26-15-8-4-9-16-26)30(29(35)31-27)17-20-32(21-18-30)19-11-5-10-14-25-12-6-3-7-13-25/h3,6-7,12-13,24,26-27H,4-5,8-11,14-23H2,1-2H3,(H,31,35)/t27-/m0/s1. The molecule has 3 aliphatic rings. The van der Waals surface area contributed by atoms with Gasteiger partial charge in [-0.3, -0.25) is 9.59 Å². The summed E-state index contributed by atoms with van der Waals surface area (Å²) in [4.78, 5) is 31.9. The van der Waals surface area contributed by atoms with Crippen molar-refractivity contribution in [3.05, 3.63) is 35.9 Å². The number of hydrogen-bond acceptors (Lipinski definition) is 3. The van der Waals surface area contributed by atoms with Crippen LogP contribution in [0.4, 0.5) is 0 Å². The molecule has 1 spiro atoms. The van der Waals surface area contributed by atoms with Gasteiger partial charge in [0.2, 0.25) is 11.8 Å². The number of carbonyl (C=O) groups is 2. The molecule has 2 amide bonds. The van der Waals surface area contributed by atoms with Crippen molar-refractivity contribution < 1.29 is 9.59 Å². The van der Waals surface area contributed by atoms with E-state index in [-0.39, 0.29) is 17.9 Å². The van der Waals surface area contributed by atoms with Gasteiger partial charge in [0.1, 0.15) is 11.6 Å². The van der Waals surface area contributed by atoms with Crippen LogP contribution in [0.15, 0.2) is 30.3 Å². The maximum absolute atomic E-state index is 13.7. The third-order valence-corrected chi connectivity index (χ3v) is 8.65. The van der Waals surface area contributed by atoms with Crippen LogP contribution in [0.3, 0.4) is 0 Å². The summed E-state index contributed by atoms with van der Waals surface area (Å²) in [5, 5.41) is 3.17. The van der Waals surface area contributed by atoms with Crippen molar-refractivity contribution in [2.24, 2.45) is 11.8 Å². The maximum Gasteiger partial charge on any atom is 0.246 e. The monoisotopic (exact) mass is 481 g/mol. The second-order valence-corrected chi connectivity index (χ2v) is 11.8. The lowest BCUT2D eigenvalue weighted by molar-refractivity contribution is -0.163. The zero-order valence-corrected chi connectivity index (χ0v) is 22.1. The third kappa shape index (κ3) is 6.67. The highest BCUT2D eigenvalue weighted by Crippen LogP contribution is 2.36. The lowest BCUT2D eigenvalue weighted by Gasteiger charge is -2.53. The zero-order valence-electron chi connectivity index (χ0n) is 22.1. The van der Waals surface area contributed by atoms with Gasteiger partial charge < -0.3 is 15.1 Å². The number of nitrogens with zero attached hydrogens (tertiary/aromatic N) is 2. The molecule has 0 aromatic heterocycles. The van der Waals surface area contributed by atoms with Crippen molar-refractivity contribution in [2.45, 2.75) is 102 Å². The molecule has 4 rings (SSSR count). The molecule has 5 nitrogen and oxygen atoms in total. The van der Waals surface area contributed by atoms with E-state index in [4.69, 9.17) is 0 Å². The summed E-state index contributed by atoms with van der Waals surface area (Å²) in [7, 11) is 0. The first-order valence-electron chi connectivity index (χ1n) is 14.4. The minimum absolute atomic E-state index is 0.112. The van der Waals surface area contributed by atoms with E-state index >= 15 is 0 Å². The van der Waals surface area contributed by atoms with E-state index < -0.39 is 5.54 Å². The van der Waals surface area contributed by atoms with Crippen molar-refractivity contribution in [3.63, 3.8) is 0 Å². The summed E-state index contributed by atoms with van der Waals surface area (Å²) in [6.45, 7) is 7.96. The van der Waals surface area contributed by atoms with E-state index in [0.717, 1.165) is 51.9 Å². The quantitative estimate of drug-likeness (QED) is 0.468. The second kappa shape index (κ2) is 12.4. The molecule has 2 saturated heterocycles. The first-order valence-corrected chi connectivity index (χ1v) is 14.4. The SMILES string of the molecule is CC(C)C[C@@H]1NC(=O)C2(CCN(CCCCCc3ccccc3)CC2)N(CC2CCCCC2)C1=O. The van der Waals surface area contributed by atoms with Gasteiger partial charge in [0.15, 0.2) is 0 Å². The van der Waals surface area contributed by atoms with Gasteiger partial charge in [0.25, 0.3) is 0 Å². The Kier molecular flexibility index (Phi) is 9.27. The first kappa shape index (κ1) is 26.2. The van der Waals surface area contributed by atoms with Crippen LogP contribution in [-0.2, 0) is 16.0 Å². The number of likely N-dealkylation sites (tertiary alicyclic amines) is 1. The Morgan fingerprint density at radius 3 is 2.37 bits per heavy atom. The Morgan fingerprint density at radius 2 is 1.69 bits per heavy atom. The number of unbranched alkanes of at least 4 members (excludes halogenated alkanes) is 2. The minimum Gasteiger partial charge on any atom is -0.342 e. The van der Waals surface area contributed by atoms with Gasteiger partial charge >= 0.3 is 0 Å². The molecule has 1 aromatic carbocycles. The largest absolute Gasteiger partial charge is 0.342 e. The molecule has 1 aliphatic carbocycles. The minimum atomic E-state index is -0.633. The molecule has 0 bridgehead atoms. The van der Waals surface area contributed by atoms with Gasteiger partial charge in [-0.25, -0.2) is 0 Å². The highest BCUT2D eigenvalue weighted by atomic mass is 16.2. The Balaban J connectivity index is 1.32. The average molecular weight is 482 g/mol. The number of nitrogens with one attached hydrogen (secondary N) is 1. The number of piperazine rings is 1. The molecule has 1 atom stereocenters. The van der Waals surface area contributed by atoms with Gasteiger partial charge in [-0.05, 0) is 75.3 Å². The zero-order chi connectivity index (χ0) is 24.7. The van der Waals surface area contributed by atoms with Gasteiger partial charge in [0.05, 0.1) is 0 Å². The molecular weight excluding hydrogens is 434 g/mol. The summed E-state index contributed by atoms with van der Waals surface area (Å²) in [5.41, 5.74) is 0.792. The number of aryl methyl sites for hydroxylation is 1. The molecule has 5 heteroatoms. The van der Waals surface area contributed by atoms with Crippen LogP contribution in [-0.4, -0.2) is 59.4 Å². The lowest BCUT2D eigenvalue weighted by atomic mass is 9.79. The third-order valence-electron chi connectivity index (χ3n) is 8.65. The Morgan fingerprint density at radius 1 is 0.971 bits per heavy atom. The molecule has 2 aliphatic heterocycles. The summed E-state index contributed by atoms with van der Waals surface area (Å²) in [5.74, 6) is 1.23. The molecule has 194 valence electrons. The van der Waals surface area contributed by atoms with Gasteiger partial charge in [-0.1, -0.05) is 69.9 Å². The van der Waals surface area contributed by atoms with E-state index in [9.17, 15) is 9.59 Å². The molecule has 1 N–H and O–H groups in total. The Bertz CT molecular complexity index is 810. The van der Waals surface area contributed by atoms with Crippen LogP contribution >= 0.6 is 0 Å². The molecule has 0 radical (unpaired) electrons. The Labute approximate surface area is 213 Å². The smallest absolute Gasteiger partial charge is 0.246 e. The molecule has 2 heterocycles. The molecule has 35 heavy (non-hydrogen) atoms. The number of hydrogen-bond donors (Lipinski definition) is 1. The molecule has 3 fully saturated rings. The van der Waals surface area contributed by atoms with Crippen molar-refractivity contribution in [3.8, 4) is 0 Å². The molecule has 1 saturated carbocycles. The lowest BCUT2D eigenvalue weighted by Crippen LogP contribution is -2.73.